The second-order valence-corrected chi connectivity index (χ2v) is 5.75. The smallest absolute Gasteiger partial charge is 0.315 e. The molecule has 1 unspecified atom stereocenters. The summed E-state index contributed by atoms with van der Waals surface area (Å²) in [5, 5.41) is 2.61. The molecule has 1 aliphatic heterocycles. The number of esters is 2. The molecule has 1 aliphatic rings. The zero-order valence-corrected chi connectivity index (χ0v) is 13.8. The molecule has 1 fully saturated rings. The zero-order chi connectivity index (χ0) is 17.4. The van der Waals surface area contributed by atoms with E-state index in [9.17, 15) is 19.2 Å². The number of carbonyl (C=O) groups is 4. The lowest BCUT2D eigenvalue weighted by atomic mass is 10.1. The number of rotatable bonds is 7. The lowest BCUT2D eigenvalue weighted by Gasteiger charge is -2.34. The van der Waals surface area contributed by atoms with Gasteiger partial charge in [-0.05, 0) is 12.3 Å². The third-order valence-corrected chi connectivity index (χ3v) is 3.49. The van der Waals surface area contributed by atoms with Crippen LogP contribution >= 0.6 is 0 Å². The third-order valence-electron chi connectivity index (χ3n) is 3.49. The number of hydrogen-bond acceptors (Lipinski definition) is 6. The van der Waals surface area contributed by atoms with Crippen LogP contribution in [0.1, 0.15) is 33.1 Å². The molecule has 0 saturated carbocycles. The lowest BCUT2D eigenvalue weighted by Crippen LogP contribution is -2.58. The van der Waals surface area contributed by atoms with Gasteiger partial charge in [0.2, 0.25) is 11.8 Å². The number of amides is 2. The molecule has 0 aromatic heterocycles. The predicted octanol–water partition coefficient (Wildman–Crippen LogP) is -0.144. The van der Waals surface area contributed by atoms with Crippen LogP contribution in [0.5, 0.6) is 0 Å². The van der Waals surface area contributed by atoms with Gasteiger partial charge in [0.25, 0.3) is 0 Å². The van der Waals surface area contributed by atoms with E-state index >= 15 is 0 Å². The van der Waals surface area contributed by atoms with E-state index in [2.05, 4.69) is 10.1 Å². The topological polar surface area (TPSA) is 102 Å². The van der Waals surface area contributed by atoms with Gasteiger partial charge in [0.05, 0.1) is 20.1 Å². The molecule has 0 radical (unpaired) electrons. The van der Waals surface area contributed by atoms with Crippen LogP contribution in [0, 0.1) is 5.92 Å². The Bertz CT molecular complexity index is 463. The highest BCUT2D eigenvalue weighted by Gasteiger charge is 2.35. The molecule has 0 aromatic carbocycles. The van der Waals surface area contributed by atoms with E-state index in [4.69, 9.17) is 4.74 Å². The normalized spacial score (nSPS) is 17.7. The highest BCUT2D eigenvalue weighted by atomic mass is 16.5. The van der Waals surface area contributed by atoms with E-state index in [0.717, 1.165) is 6.42 Å². The maximum absolute atomic E-state index is 12.1. The average molecular weight is 328 g/mol. The van der Waals surface area contributed by atoms with E-state index in [1.165, 1.54) is 12.0 Å². The number of nitrogens with zero attached hydrogens (tertiary/aromatic N) is 1. The van der Waals surface area contributed by atoms with Gasteiger partial charge in [0.15, 0.2) is 0 Å². The largest absolute Gasteiger partial charge is 0.469 e. The van der Waals surface area contributed by atoms with E-state index in [1.54, 1.807) is 0 Å². The third kappa shape index (κ3) is 6.25. The molecule has 0 spiro atoms. The summed E-state index contributed by atoms with van der Waals surface area (Å²) in [4.78, 5) is 48.4. The molecule has 1 rings (SSSR count). The standard InChI is InChI=1S/C15H24N2O6/c1-10(2)4-7-23-14(20)8-11-15(21)16-5-6-17(11)12(18)9-13(19)22-3/h10-11H,4-9H2,1-3H3,(H,16,21). The number of hydrogen-bond donors (Lipinski definition) is 1. The van der Waals surface area contributed by atoms with Crippen molar-refractivity contribution >= 4 is 23.8 Å². The summed E-state index contributed by atoms with van der Waals surface area (Å²) in [6, 6.07) is -0.951. The van der Waals surface area contributed by atoms with Gasteiger partial charge < -0.3 is 19.7 Å². The second kappa shape index (κ2) is 9.12. The minimum atomic E-state index is -0.951. The molecule has 1 N–H and O–H groups in total. The Labute approximate surface area is 135 Å². The molecule has 0 aliphatic carbocycles. The van der Waals surface area contributed by atoms with Crippen molar-refractivity contribution in [2.45, 2.75) is 39.2 Å². The summed E-state index contributed by atoms with van der Waals surface area (Å²) in [5.41, 5.74) is 0. The Morgan fingerprint density at radius 1 is 1.30 bits per heavy atom. The van der Waals surface area contributed by atoms with Crippen molar-refractivity contribution in [2.75, 3.05) is 26.8 Å². The van der Waals surface area contributed by atoms with Crippen LogP contribution in [0.3, 0.4) is 0 Å². The molecule has 0 aromatic rings. The quantitative estimate of drug-likeness (QED) is 0.515. The Morgan fingerprint density at radius 2 is 2.00 bits per heavy atom. The fraction of sp³-hybridized carbons (Fsp3) is 0.733. The Balaban J connectivity index is 2.62. The van der Waals surface area contributed by atoms with Crippen LogP contribution in [-0.4, -0.2) is 61.5 Å². The molecule has 8 heteroatoms. The molecule has 2 amide bonds. The summed E-state index contributed by atoms with van der Waals surface area (Å²) in [6.07, 6.45) is 0.0487. The fourth-order valence-corrected chi connectivity index (χ4v) is 2.14. The fourth-order valence-electron chi connectivity index (χ4n) is 2.14. The van der Waals surface area contributed by atoms with Crippen molar-refractivity contribution in [3.05, 3.63) is 0 Å². The number of piperazine rings is 1. The maximum Gasteiger partial charge on any atom is 0.315 e. The predicted molar refractivity (Wildman–Crippen MR) is 80.2 cm³/mol. The zero-order valence-electron chi connectivity index (χ0n) is 13.8. The molecule has 1 atom stereocenters. The molecule has 0 bridgehead atoms. The monoisotopic (exact) mass is 328 g/mol. The molecular formula is C15H24N2O6. The SMILES string of the molecule is COC(=O)CC(=O)N1CCNC(=O)C1CC(=O)OCCC(C)C. The van der Waals surface area contributed by atoms with Gasteiger partial charge in [-0.25, -0.2) is 0 Å². The van der Waals surface area contributed by atoms with Crippen molar-refractivity contribution < 1.29 is 28.7 Å². The van der Waals surface area contributed by atoms with Crippen molar-refractivity contribution in [1.82, 2.24) is 10.2 Å². The molecular weight excluding hydrogens is 304 g/mol. The van der Waals surface area contributed by atoms with Gasteiger partial charge in [0.1, 0.15) is 12.5 Å². The molecule has 130 valence electrons. The van der Waals surface area contributed by atoms with E-state index in [-0.39, 0.29) is 26.1 Å². The molecule has 23 heavy (non-hydrogen) atoms. The van der Waals surface area contributed by atoms with Crippen molar-refractivity contribution in [1.29, 1.82) is 0 Å². The number of carbonyl (C=O) groups excluding carboxylic acids is 4. The van der Waals surface area contributed by atoms with Crippen molar-refractivity contribution in [2.24, 2.45) is 5.92 Å². The first-order valence-electron chi connectivity index (χ1n) is 7.64. The van der Waals surface area contributed by atoms with Crippen LogP contribution < -0.4 is 5.32 Å². The van der Waals surface area contributed by atoms with E-state index in [1.807, 2.05) is 13.8 Å². The summed E-state index contributed by atoms with van der Waals surface area (Å²) >= 11 is 0. The van der Waals surface area contributed by atoms with Gasteiger partial charge in [-0.15, -0.1) is 0 Å². The summed E-state index contributed by atoms with van der Waals surface area (Å²) < 4.78 is 9.54. The lowest BCUT2D eigenvalue weighted by molar-refractivity contribution is -0.154. The minimum Gasteiger partial charge on any atom is -0.469 e. The van der Waals surface area contributed by atoms with Crippen LogP contribution in [-0.2, 0) is 28.7 Å². The highest BCUT2D eigenvalue weighted by molar-refractivity contribution is 5.98. The molecule has 8 nitrogen and oxygen atoms in total. The van der Waals surface area contributed by atoms with Crippen LogP contribution in [0.4, 0.5) is 0 Å². The average Bonchev–Trinajstić information content (AvgIpc) is 2.48. The van der Waals surface area contributed by atoms with Gasteiger partial charge in [-0.3, -0.25) is 19.2 Å². The molecule has 1 heterocycles. The number of ether oxygens (including phenoxy) is 2. The highest BCUT2D eigenvalue weighted by Crippen LogP contribution is 2.12. The minimum absolute atomic E-state index is 0.225. The number of methoxy groups -OCH3 is 1. The van der Waals surface area contributed by atoms with Gasteiger partial charge in [0, 0.05) is 13.1 Å². The van der Waals surface area contributed by atoms with Gasteiger partial charge >= 0.3 is 11.9 Å². The van der Waals surface area contributed by atoms with Crippen LogP contribution in [0.2, 0.25) is 0 Å². The van der Waals surface area contributed by atoms with Crippen LogP contribution in [0.25, 0.3) is 0 Å². The molecule has 1 saturated heterocycles. The van der Waals surface area contributed by atoms with Crippen molar-refractivity contribution in [3.8, 4) is 0 Å². The number of nitrogens with one attached hydrogen (secondary N) is 1. The summed E-state index contributed by atoms with van der Waals surface area (Å²) in [7, 11) is 1.18. The van der Waals surface area contributed by atoms with E-state index < -0.39 is 36.2 Å². The first kappa shape index (κ1) is 18.9. The first-order valence-corrected chi connectivity index (χ1v) is 7.64. The Kier molecular flexibility index (Phi) is 7.50. The second-order valence-electron chi connectivity index (χ2n) is 5.75. The van der Waals surface area contributed by atoms with Crippen molar-refractivity contribution in [3.63, 3.8) is 0 Å². The van der Waals surface area contributed by atoms with Gasteiger partial charge in [-0.2, -0.15) is 0 Å². The van der Waals surface area contributed by atoms with E-state index in [0.29, 0.717) is 5.92 Å². The summed E-state index contributed by atoms with van der Waals surface area (Å²) in [6.45, 7) is 4.82. The Hall–Kier alpha value is -2.12. The Morgan fingerprint density at radius 3 is 2.61 bits per heavy atom. The van der Waals surface area contributed by atoms with Gasteiger partial charge in [-0.1, -0.05) is 13.8 Å². The summed E-state index contributed by atoms with van der Waals surface area (Å²) in [5.74, 6) is -1.77. The van der Waals surface area contributed by atoms with Crippen LogP contribution in [0.15, 0.2) is 0 Å². The first-order chi connectivity index (χ1) is 10.8. The maximum atomic E-state index is 12.1.